The summed E-state index contributed by atoms with van der Waals surface area (Å²) < 4.78 is 17.8. The first kappa shape index (κ1) is 21.8. The fourth-order valence-electron chi connectivity index (χ4n) is 3.94. The van der Waals surface area contributed by atoms with Crippen molar-refractivity contribution in [3.63, 3.8) is 0 Å². The summed E-state index contributed by atoms with van der Waals surface area (Å²) >= 11 is 0. The van der Waals surface area contributed by atoms with Crippen molar-refractivity contribution in [2.45, 2.75) is 27.1 Å². The third kappa shape index (κ3) is 5.16. The maximum Gasteiger partial charge on any atom is 0.226 e. The van der Waals surface area contributed by atoms with Crippen LogP contribution >= 0.6 is 0 Å². The summed E-state index contributed by atoms with van der Waals surface area (Å²) in [7, 11) is -0.566. The standard InChI is InChI=1S/C28H29NO3Si/c1-19-4-6-20(7-5-19)25-16-29-26(32-25)21-8-12-23(13-9-21)33-24-14-10-22(11-15-24)27-30-17-28(2,3)18-31-27/h4-16,27H,17-18,33H2,1-3H3. The first-order chi connectivity index (χ1) is 15.9. The van der Waals surface area contributed by atoms with Crippen molar-refractivity contribution in [1.29, 1.82) is 0 Å². The van der Waals surface area contributed by atoms with Crippen LogP contribution in [0.5, 0.6) is 0 Å². The van der Waals surface area contributed by atoms with Crippen LogP contribution in [-0.4, -0.2) is 27.7 Å². The first-order valence-electron chi connectivity index (χ1n) is 11.4. The summed E-state index contributed by atoms with van der Waals surface area (Å²) in [4.78, 5) is 4.48. The molecule has 0 saturated carbocycles. The highest BCUT2D eigenvalue weighted by Crippen LogP contribution is 2.30. The van der Waals surface area contributed by atoms with Crippen molar-refractivity contribution in [3.05, 3.63) is 90.1 Å². The van der Waals surface area contributed by atoms with Crippen LogP contribution in [0.4, 0.5) is 0 Å². The molecule has 0 spiro atoms. The second kappa shape index (κ2) is 9.10. The van der Waals surface area contributed by atoms with Crippen LogP contribution in [0.15, 0.2) is 83.4 Å². The molecular weight excluding hydrogens is 426 g/mol. The average molecular weight is 456 g/mol. The zero-order chi connectivity index (χ0) is 22.8. The Kier molecular flexibility index (Phi) is 6.02. The molecule has 1 aliphatic heterocycles. The highest BCUT2D eigenvalue weighted by molar-refractivity contribution is 6.67. The summed E-state index contributed by atoms with van der Waals surface area (Å²) in [5.41, 5.74) is 4.44. The SMILES string of the molecule is Cc1ccc(-c2cnc(-c3ccc([SiH2]c4ccc(C5OCC(C)(C)CO5)cc4)cc3)o2)cc1. The maximum atomic E-state index is 6.01. The molecule has 5 heteroatoms. The number of aryl methyl sites for hydroxylation is 1. The van der Waals surface area contributed by atoms with Gasteiger partial charge in [-0.1, -0.05) is 90.4 Å². The van der Waals surface area contributed by atoms with E-state index in [-0.39, 0.29) is 11.7 Å². The smallest absolute Gasteiger partial charge is 0.226 e. The van der Waals surface area contributed by atoms with Gasteiger partial charge in [-0.3, -0.25) is 0 Å². The fourth-order valence-corrected chi connectivity index (χ4v) is 5.35. The Labute approximate surface area is 197 Å². The molecule has 5 rings (SSSR count). The summed E-state index contributed by atoms with van der Waals surface area (Å²) in [6.45, 7) is 7.84. The van der Waals surface area contributed by atoms with Crippen LogP contribution in [0.2, 0.25) is 0 Å². The molecule has 4 aromatic rings. The van der Waals surface area contributed by atoms with Crippen LogP contribution in [-0.2, 0) is 9.47 Å². The van der Waals surface area contributed by atoms with Gasteiger partial charge in [0, 0.05) is 22.1 Å². The van der Waals surface area contributed by atoms with E-state index in [0.29, 0.717) is 5.89 Å². The Morgan fingerprint density at radius 2 is 1.36 bits per heavy atom. The van der Waals surface area contributed by atoms with Crippen LogP contribution in [0.3, 0.4) is 0 Å². The third-order valence-electron chi connectivity index (χ3n) is 5.95. The van der Waals surface area contributed by atoms with E-state index >= 15 is 0 Å². The predicted octanol–water partition coefficient (Wildman–Crippen LogP) is 4.51. The lowest BCUT2D eigenvalue weighted by Crippen LogP contribution is -2.34. The number of aromatic nitrogens is 1. The normalized spacial score (nSPS) is 16.5. The Morgan fingerprint density at radius 3 is 2.00 bits per heavy atom. The van der Waals surface area contributed by atoms with Crippen molar-refractivity contribution in [2.75, 3.05) is 13.2 Å². The van der Waals surface area contributed by atoms with Gasteiger partial charge >= 0.3 is 0 Å². The number of benzene rings is 3. The lowest BCUT2D eigenvalue weighted by Gasteiger charge is -2.34. The average Bonchev–Trinajstić information content (AvgIpc) is 3.31. The van der Waals surface area contributed by atoms with Crippen LogP contribution in [0, 0.1) is 12.3 Å². The van der Waals surface area contributed by atoms with Gasteiger partial charge in [-0.2, -0.15) is 0 Å². The second-order valence-corrected chi connectivity index (χ2v) is 11.6. The molecule has 0 bridgehead atoms. The van der Waals surface area contributed by atoms with Gasteiger partial charge in [0.1, 0.15) is 0 Å². The van der Waals surface area contributed by atoms with Crippen molar-refractivity contribution < 1.29 is 13.9 Å². The molecule has 0 radical (unpaired) electrons. The molecule has 4 nitrogen and oxygen atoms in total. The van der Waals surface area contributed by atoms with Gasteiger partial charge in [-0.05, 0) is 19.1 Å². The fraction of sp³-hybridized carbons (Fsp3) is 0.250. The zero-order valence-corrected chi connectivity index (χ0v) is 20.8. The van der Waals surface area contributed by atoms with Crippen LogP contribution < -0.4 is 10.4 Å². The van der Waals surface area contributed by atoms with E-state index in [2.05, 4.69) is 98.6 Å². The van der Waals surface area contributed by atoms with Gasteiger partial charge in [-0.25, -0.2) is 4.98 Å². The molecule has 0 aliphatic carbocycles. The summed E-state index contributed by atoms with van der Waals surface area (Å²) in [5.74, 6) is 1.44. The maximum absolute atomic E-state index is 6.01. The van der Waals surface area contributed by atoms with Crippen molar-refractivity contribution in [2.24, 2.45) is 5.41 Å². The number of nitrogens with zero attached hydrogens (tertiary/aromatic N) is 1. The summed E-state index contributed by atoms with van der Waals surface area (Å²) in [6, 6.07) is 25.6. The first-order valence-corrected chi connectivity index (χ1v) is 12.8. The molecule has 0 atom stereocenters. The Morgan fingerprint density at radius 1 is 0.788 bits per heavy atom. The van der Waals surface area contributed by atoms with Gasteiger partial charge in [-0.15, -0.1) is 0 Å². The van der Waals surface area contributed by atoms with E-state index in [9.17, 15) is 0 Å². The topological polar surface area (TPSA) is 44.5 Å². The molecule has 168 valence electrons. The van der Waals surface area contributed by atoms with Gasteiger partial charge in [0.05, 0.1) is 28.9 Å². The highest BCUT2D eigenvalue weighted by atomic mass is 28.2. The largest absolute Gasteiger partial charge is 0.436 e. The Bertz CT molecular complexity index is 1200. The molecule has 0 unspecified atom stereocenters. The number of ether oxygens (including phenoxy) is 2. The van der Waals surface area contributed by atoms with Crippen molar-refractivity contribution in [1.82, 2.24) is 4.98 Å². The van der Waals surface area contributed by atoms with Crippen molar-refractivity contribution >= 4 is 19.9 Å². The number of hydrogen-bond donors (Lipinski definition) is 0. The van der Waals surface area contributed by atoms with Crippen LogP contribution in [0.1, 0.15) is 31.3 Å². The molecule has 1 aromatic heterocycles. The molecule has 2 heterocycles. The van der Waals surface area contributed by atoms with Gasteiger partial charge < -0.3 is 13.9 Å². The van der Waals surface area contributed by atoms with E-state index in [4.69, 9.17) is 13.9 Å². The quantitative estimate of drug-likeness (QED) is 0.416. The lowest BCUT2D eigenvalue weighted by atomic mass is 9.95. The minimum absolute atomic E-state index is 0.0862. The minimum atomic E-state index is -0.566. The van der Waals surface area contributed by atoms with E-state index in [1.54, 1.807) is 6.20 Å². The molecule has 0 amide bonds. The van der Waals surface area contributed by atoms with E-state index in [1.165, 1.54) is 15.9 Å². The molecule has 1 saturated heterocycles. The van der Waals surface area contributed by atoms with Crippen molar-refractivity contribution in [3.8, 4) is 22.8 Å². The Balaban J connectivity index is 1.23. The number of oxazole rings is 1. The molecule has 0 N–H and O–H groups in total. The van der Waals surface area contributed by atoms with E-state index < -0.39 is 9.52 Å². The predicted molar refractivity (Wildman–Crippen MR) is 135 cm³/mol. The van der Waals surface area contributed by atoms with Gasteiger partial charge in [0.15, 0.2) is 12.1 Å². The number of hydrogen-bond acceptors (Lipinski definition) is 4. The molecule has 3 aromatic carbocycles. The molecule has 33 heavy (non-hydrogen) atoms. The van der Waals surface area contributed by atoms with E-state index in [0.717, 1.165) is 35.7 Å². The van der Waals surface area contributed by atoms with Gasteiger partial charge in [0.25, 0.3) is 0 Å². The monoisotopic (exact) mass is 455 g/mol. The Hall–Kier alpha value is -2.99. The zero-order valence-electron chi connectivity index (χ0n) is 19.4. The highest BCUT2D eigenvalue weighted by Gasteiger charge is 2.29. The molecular formula is C28H29NO3Si. The molecule has 1 aliphatic rings. The summed E-state index contributed by atoms with van der Waals surface area (Å²) in [5, 5.41) is 2.77. The van der Waals surface area contributed by atoms with E-state index in [1.807, 2.05) is 0 Å². The van der Waals surface area contributed by atoms with Crippen LogP contribution in [0.25, 0.3) is 22.8 Å². The second-order valence-electron chi connectivity index (χ2n) is 9.63. The number of rotatable bonds is 5. The summed E-state index contributed by atoms with van der Waals surface area (Å²) in [6.07, 6.45) is 1.55. The third-order valence-corrected chi connectivity index (χ3v) is 7.71. The molecule has 1 fully saturated rings. The van der Waals surface area contributed by atoms with Gasteiger partial charge in [0.2, 0.25) is 5.89 Å². The lowest BCUT2D eigenvalue weighted by molar-refractivity contribution is -0.226. The minimum Gasteiger partial charge on any atom is -0.436 e.